The van der Waals surface area contributed by atoms with Gasteiger partial charge in [-0.15, -0.1) is 11.3 Å². The minimum Gasteiger partial charge on any atom is -0.450 e. The number of ether oxygens (including phenoxy) is 1. The summed E-state index contributed by atoms with van der Waals surface area (Å²) in [5, 5.41) is 9.28. The van der Waals surface area contributed by atoms with E-state index in [0.29, 0.717) is 31.7 Å². The molecule has 144 valence electrons. The van der Waals surface area contributed by atoms with Gasteiger partial charge in [0.1, 0.15) is 11.2 Å². The van der Waals surface area contributed by atoms with Gasteiger partial charge >= 0.3 is 6.09 Å². The van der Waals surface area contributed by atoms with Crippen molar-refractivity contribution in [1.82, 2.24) is 14.6 Å². The number of hydrogen-bond donors (Lipinski definition) is 2. The van der Waals surface area contributed by atoms with E-state index in [4.69, 9.17) is 10.1 Å². The lowest BCUT2D eigenvalue weighted by molar-refractivity contribution is 0.100. The fourth-order valence-corrected chi connectivity index (χ4v) is 4.43. The fourth-order valence-electron chi connectivity index (χ4n) is 3.23. The molecule has 0 fully saturated rings. The Kier molecular flexibility index (Phi) is 4.82. The topological polar surface area (TPSA) is 100 Å². The summed E-state index contributed by atoms with van der Waals surface area (Å²) >= 11 is 1.47. The molecule has 0 aliphatic carbocycles. The van der Waals surface area contributed by atoms with Crippen molar-refractivity contribution in [2.24, 2.45) is 0 Å². The summed E-state index contributed by atoms with van der Waals surface area (Å²) in [7, 11) is 0. The lowest BCUT2D eigenvalue weighted by Gasteiger charge is -2.26. The maximum Gasteiger partial charge on any atom is 0.410 e. The summed E-state index contributed by atoms with van der Waals surface area (Å²) in [5.74, 6) is -0.308. The van der Waals surface area contributed by atoms with Gasteiger partial charge in [-0.1, -0.05) is 18.2 Å². The Morgan fingerprint density at radius 3 is 2.86 bits per heavy atom. The highest BCUT2D eigenvalue weighted by molar-refractivity contribution is 7.18. The molecule has 0 saturated carbocycles. The van der Waals surface area contributed by atoms with Crippen LogP contribution in [0, 0.1) is 5.41 Å². The van der Waals surface area contributed by atoms with Gasteiger partial charge in [-0.05, 0) is 31.0 Å². The number of fused-ring (bicyclic) bond motifs is 3. The number of nitrogens with zero attached hydrogens (tertiary/aromatic N) is 3. The van der Waals surface area contributed by atoms with Gasteiger partial charge in [0.25, 0.3) is 5.91 Å². The molecule has 0 radical (unpaired) electrons. The number of aromatic nitrogens is 2. The second-order valence-corrected chi connectivity index (χ2v) is 7.41. The van der Waals surface area contributed by atoms with Crippen molar-refractivity contribution in [3.8, 4) is 0 Å². The Morgan fingerprint density at radius 2 is 2.11 bits per heavy atom. The van der Waals surface area contributed by atoms with Crippen LogP contribution in [0.25, 0.3) is 10.2 Å². The Bertz CT molecular complexity index is 1110. The summed E-state index contributed by atoms with van der Waals surface area (Å²) < 4.78 is 6.42. The molecule has 0 unspecified atom stereocenters. The first-order valence-electron chi connectivity index (χ1n) is 8.93. The van der Waals surface area contributed by atoms with Crippen LogP contribution in [-0.2, 0) is 17.7 Å². The van der Waals surface area contributed by atoms with E-state index in [9.17, 15) is 9.59 Å². The highest BCUT2D eigenvalue weighted by Gasteiger charge is 2.26. The number of carbonyl (C=O) groups is 2. The minimum absolute atomic E-state index is 0.177. The van der Waals surface area contributed by atoms with E-state index in [2.05, 4.69) is 10.4 Å². The zero-order chi connectivity index (χ0) is 19.7. The third kappa shape index (κ3) is 3.24. The molecule has 2 N–H and O–H groups in total. The molecule has 0 saturated heterocycles. The molecule has 2 aromatic heterocycles. The van der Waals surface area contributed by atoms with E-state index in [1.165, 1.54) is 22.3 Å². The molecule has 1 aliphatic rings. The van der Waals surface area contributed by atoms with Crippen LogP contribution in [-0.4, -0.2) is 39.7 Å². The Labute approximate surface area is 164 Å². The molecule has 0 atom stereocenters. The number of benzene rings is 1. The van der Waals surface area contributed by atoms with Gasteiger partial charge in [0.15, 0.2) is 5.49 Å². The third-order valence-corrected chi connectivity index (χ3v) is 5.72. The molecule has 3 aromatic rings. The molecular formula is C19H19N5O3S. The van der Waals surface area contributed by atoms with Crippen LogP contribution in [0.3, 0.4) is 0 Å². The number of nitrogens with one attached hydrogen (secondary N) is 2. The van der Waals surface area contributed by atoms with Crippen molar-refractivity contribution in [3.05, 3.63) is 58.2 Å². The molecule has 3 heterocycles. The van der Waals surface area contributed by atoms with Crippen LogP contribution in [0.5, 0.6) is 0 Å². The molecule has 9 heteroatoms. The summed E-state index contributed by atoms with van der Waals surface area (Å²) in [4.78, 5) is 32.2. The van der Waals surface area contributed by atoms with Gasteiger partial charge in [-0.2, -0.15) is 0 Å². The van der Waals surface area contributed by atoms with Crippen LogP contribution in [0.4, 0.5) is 4.79 Å². The van der Waals surface area contributed by atoms with Gasteiger partial charge in [0, 0.05) is 17.0 Å². The lowest BCUT2D eigenvalue weighted by atomic mass is 10.1. The van der Waals surface area contributed by atoms with Gasteiger partial charge < -0.3 is 9.64 Å². The molecule has 4 rings (SSSR count). The number of carbonyl (C=O) groups excluding carboxylic acids is 2. The van der Waals surface area contributed by atoms with E-state index in [-0.39, 0.29) is 17.5 Å². The van der Waals surface area contributed by atoms with Crippen molar-refractivity contribution < 1.29 is 14.3 Å². The minimum atomic E-state index is -0.324. The number of hydrogen-bond acceptors (Lipinski definition) is 6. The highest BCUT2D eigenvalue weighted by Crippen LogP contribution is 2.32. The van der Waals surface area contributed by atoms with Crippen molar-refractivity contribution in [2.75, 3.05) is 18.6 Å². The summed E-state index contributed by atoms with van der Waals surface area (Å²) in [6.07, 6.45) is 1.74. The predicted octanol–water partition coefficient (Wildman–Crippen LogP) is 2.48. The standard InChI is InChI=1S/C19H19N5O3S/c1-2-27-19(26)23-9-8-13-14(10-23)28-18-15(13)16(20)24(11-21-18)22-17(25)12-6-4-3-5-7-12/h3-7,11,20H,2,8-10H2,1H3,(H,22,25). The predicted molar refractivity (Wildman–Crippen MR) is 105 cm³/mol. The van der Waals surface area contributed by atoms with Gasteiger partial charge in [-0.25, -0.2) is 14.5 Å². The quantitative estimate of drug-likeness (QED) is 0.709. The normalized spacial score (nSPS) is 13.2. The Hall–Kier alpha value is -3.20. The second kappa shape index (κ2) is 7.43. The zero-order valence-corrected chi connectivity index (χ0v) is 16.1. The molecule has 28 heavy (non-hydrogen) atoms. The van der Waals surface area contributed by atoms with E-state index in [1.807, 2.05) is 6.07 Å². The molecule has 1 aromatic carbocycles. The number of rotatable bonds is 3. The summed E-state index contributed by atoms with van der Waals surface area (Å²) in [6, 6.07) is 8.83. The van der Waals surface area contributed by atoms with E-state index in [1.54, 1.807) is 36.1 Å². The summed E-state index contributed by atoms with van der Waals surface area (Å²) in [6.45, 7) is 3.10. The molecular weight excluding hydrogens is 378 g/mol. The molecule has 0 spiro atoms. The number of amides is 2. The smallest absolute Gasteiger partial charge is 0.410 e. The van der Waals surface area contributed by atoms with E-state index in [0.717, 1.165) is 20.7 Å². The first kappa shape index (κ1) is 18.2. The SMILES string of the molecule is CCOC(=O)N1CCc2c(sc3ncn(NC(=O)c4ccccc4)c(=N)c23)C1. The van der Waals surface area contributed by atoms with Gasteiger partial charge in [0.05, 0.1) is 18.5 Å². The number of thiophene rings is 1. The maximum absolute atomic E-state index is 12.4. The van der Waals surface area contributed by atoms with Crippen molar-refractivity contribution in [1.29, 1.82) is 5.41 Å². The van der Waals surface area contributed by atoms with Crippen molar-refractivity contribution in [2.45, 2.75) is 19.9 Å². The lowest BCUT2D eigenvalue weighted by Crippen LogP contribution is -2.36. The molecule has 8 nitrogen and oxygen atoms in total. The second-order valence-electron chi connectivity index (χ2n) is 6.32. The van der Waals surface area contributed by atoms with E-state index < -0.39 is 0 Å². The summed E-state index contributed by atoms with van der Waals surface area (Å²) in [5.41, 5.74) is 4.41. The molecule has 2 amide bonds. The van der Waals surface area contributed by atoms with Crippen LogP contribution in [0.1, 0.15) is 27.7 Å². The van der Waals surface area contributed by atoms with Crippen LogP contribution >= 0.6 is 11.3 Å². The Balaban J connectivity index is 1.65. The Morgan fingerprint density at radius 1 is 1.32 bits per heavy atom. The van der Waals surface area contributed by atoms with Crippen LogP contribution < -0.4 is 10.9 Å². The van der Waals surface area contributed by atoms with Crippen molar-refractivity contribution in [3.63, 3.8) is 0 Å². The molecule has 1 aliphatic heterocycles. The first-order valence-corrected chi connectivity index (χ1v) is 9.74. The third-order valence-electron chi connectivity index (χ3n) is 4.59. The van der Waals surface area contributed by atoms with Crippen LogP contribution in [0.2, 0.25) is 0 Å². The maximum atomic E-state index is 12.4. The highest BCUT2D eigenvalue weighted by atomic mass is 32.1. The van der Waals surface area contributed by atoms with Crippen molar-refractivity contribution >= 4 is 33.6 Å². The van der Waals surface area contributed by atoms with Gasteiger partial charge in [-0.3, -0.25) is 15.6 Å². The van der Waals surface area contributed by atoms with Crippen LogP contribution in [0.15, 0.2) is 36.7 Å². The largest absolute Gasteiger partial charge is 0.450 e. The van der Waals surface area contributed by atoms with E-state index >= 15 is 0 Å². The van der Waals surface area contributed by atoms with Gasteiger partial charge in [0.2, 0.25) is 0 Å². The fraction of sp³-hybridized carbons (Fsp3) is 0.263. The average molecular weight is 397 g/mol. The zero-order valence-electron chi connectivity index (χ0n) is 15.3. The monoisotopic (exact) mass is 397 g/mol. The molecule has 0 bridgehead atoms. The average Bonchev–Trinajstić information content (AvgIpc) is 3.09. The first-order chi connectivity index (χ1) is 13.6.